The molecule has 116 valence electrons. The smallest absolute Gasteiger partial charge is 0.340 e. The van der Waals surface area contributed by atoms with E-state index in [-0.39, 0.29) is 12.3 Å². The van der Waals surface area contributed by atoms with Crippen LogP contribution in [0.25, 0.3) is 0 Å². The molecule has 1 aromatic rings. The molecule has 7 heteroatoms. The highest BCUT2D eigenvalue weighted by Crippen LogP contribution is 2.29. The number of carbonyl (C=O) groups excluding carboxylic acids is 1. The van der Waals surface area contributed by atoms with Gasteiger partial charge in [-0.3, -0.25) is 0 Å². The summed E-state index contributed by atoms with van der Waals surface area (Å²) >= 11 is 0. The van der Waals surface area contributed by atoms with Crippen molar-refractivity contribution in [3.05, 3.63) is 29.3 Å². The van der Waals surface area contributed by atoms with E-state index in [1.54, 1.807) is 0 Å². The summed E-state index contributed by atoms with van der Waals surface area (Å²) < 4.78 is 37.5. The van der Waals surface area contributed by atoms with Gasteiger partial charge in [0.2, 0.25) is 0 Å². The molecule has 1 aromatic carbocycles. The van der Waals surface area contributed by atoms with Gasteiger partial charge < -0.3 is 19.9 Å². The van der Waals surface area contributed by atoms with E-state index in [0.717, 1.165) is 13.2 Å². The molecule has 0 spiro atoms. The number of anilines is 1. The number of aliphatic hydroxyl groups is 1. The lowest BCUT2D eigenvalue weighted by atomic mass is 9.90. The first-order valence-corrected chi connectivity index (χ1v) is 6.56. The van der Waals surface area contributed by atoms with E-state index in [1.165, 1.54) is 6.07 Å². The Bertz CT molecular complexity index is 530. The Morgan fingerprint density at radius 2 is 2.05 bits per heavy atom. The first-order valence-electron chi connectivity index (χ1n) is 6.56. The highest BCUT2D eigenvalue weighted by molar-refractivity contribution is 5.90. The summed E-state index contributed by atoms with van der Waals surface area (Å²) in [5.41, 5.74) is -1.32. The number of benzene rings is 1. The number of aliphatic hydroxyl groups excluding tert-OH is 1. The molecule has 1 fully saturated rings. The second-order valence-corrected chi connectivity index (χ2v) is 4.96. The molecule has 1 aliphatic rings. The summed E-state index contributed by atoms with van der Waals surface area (Å²) in [7, 11) is 1.09. The normalized spacial score (nSPS) is 17.3. The molecule has 0 aromatic heterocycles. The third-order valence-electron chi connectivity index (χ3n) is 3.64. The molecule has 0 aliphatic carbocycles. The summed E-state index contributed by atoms with van der Waals surface area (Å²) in [6, 6.07) is 2.41. The van der Waals surface area contributed by atoms with Gasteiger partial charge >= 0.3 is 5.97 Å². The van der Waals surface area contributed by atoms with Crippen molar-refractivity contribution in [1.29, 1.82) is 0 Å². The standard InChI is InChI=1S/C14H17F2NO4/c1-20-13(19)9-2-3-10(12(16)11(9)15)17-14(8-18)4-6-21-7-5-14/h2-3,17-18H,4-8H2,1H3. The van der Waals surface area contributed by atoms with Crippen LogP contribution < -0.4 is 5.32 Å². The summed E-state index contributed by atoms with van der Waals surface area (Å²) in [5, 5.41) is 12.4. The molecular weight excluding hydrogens is 284 g/mol. The minimum Gasteiger partial charge on any atom is -0.465 e. The predicted molar refractivity (Wildman–Crippen MR) is 71.2 cm³/mol. The number of hydrogen-bond acceptors (Lipinski definition) is 5. The van der Waals surface area contributed by atoms with Crippen LogP contribution in [0.4, 0.5) is 14.5 Å². The number of methoxy groups -OCH3 is 1. The minimum absolute atomic E-state index is 0.101. The highest BCUT2D eigenvalue weighted by atomic mass is 19.2. The molecular formula is C14H17F2NO4. The Balaban J connectivity index is 2.28. The van der Waals surface area contributed by atoms with Gasteiger partial charge in [-0.05, 0) is 25.0 Å². The molecule has 0 atom stereocenters. The van der Waals surface area contributed by atoms with Gasteiger partial charge in [0.15, 0.2) is 11.6 Å². The van der Waals surface area contributed by atoms with Gasteiger partial charge in [0.1, 0.15) is 0 Å². The zero-order chi connectivity index (χ0) is 15.5. The van der Waals surface area contributed by atoms with Crippen molar-refractivity contribution >= 4 is 11.7 Å². The average molecular weight is 301 g/mol. The predicted octanol–water partition coefficient (Wildman–Crippen LogP) is 1.70. The lowest BCUT2D eigenvalue weighted by molar-refractivity contribution is 0.0378. The third-order valence-corrected chi connectivity index (χ3v) is 3.64. The van der Waals surface area contributed by atoms with Crippen LogP contribution in [-0.4, -0.2) is 43.5 Å². The average Bonchev–Trinajstić information content (AvgIpc) is 2.52. The van der Waals surface area contributed by atoms with E-state index in [0.29, 0.717) is 26.1 Å². The van der Waals surface area contributed by atoms with E-state index in [2.05, 4.69) is 10.1 Å². The van der Waals surface area contributed by atoms with E-state index < -0.39 is 28.7 Å². The van der Waals surface area contributed by atoms with Crippen LogP contribution in [0.5, 0.6) is 0 Å². The van der Waals surface area contributed by atoms with Crippen molar-refractivity contribution in [1.82, 2.24) is 0 Å². The molecule has 1 aliphatic heterocycles. The van der Waals surface area contributed by atoms with Gasteiger partial charge in [-0.15, -0.1) is 0 Å². The number of halogens is 2. The van der Waals surface area contributed by atoms with Crippen LogP contribution >= 0.6 is 0 Å². The van der Waals surface area contributed by atoms with Crippen molar-refractivity contribution < 1.29 is 28.2 Å². The molecule has 21 heavy (non-hydrogen) atoms. The van der Waals surface area contributed by atoms with Gasteiger partial charge in [-0.1, -0.05) is 0 Å². The largest absolute Gasteiger partial charge is 0.465 e. The third kappa shape index (κ3) is 3.14. The first-order chi connectivity index (χ1) is 10.0. The van der Waals surface area contributed by atoms with Gasteiger partial charge in [0.05, 0.1) is 30.5 Å². The van der Waals surface area contributed by atoms with Gasteiger partial charge in [-0.25, -0.2) is 13.6 Å². The Morgan fingerprint density at radius 3 is 2.62 bits per heavy atom. The lowest BCUT2D eigenvalue weighted by Gasteiger charge is -2.37. The quantitative estimate of drug-likeness (QED) is 0.829. The number of hydrogen-bond donors (Lipinski definition) is 2. The summed E-state index contributed by atoms with van der Waals surface area (Å²) in [6.45, 7) is 0.631. The van der Waals surface area contributed by atoms with Crippen LogP contribution in [0.1, 0.15) is 23.2 Å². The molecule has 0 radical (unpaired) electrons. The summed E-state index contributed by atoms with van der Waals surface area (Å²) in [5.74, 6) is -3.38. The van der Waals surface area contributed by atoms with Crippen LogP contribution in [0.3, 0.4) is 0 Å². The van der Waals surface area contributed by atoms with Crippen molar-refractivity contribution in [3.63, 3.8) is 0 Å². The maximum absolute atomic E-state index is 14.1. The second kappa shape index (κ2) is 6.36. The molecule has 5 nitrogen and oxygen atoms in total. The van der Waals surface area contributed by atoms with Crippen molar-refractivity contribution in [2.45, 2.75) is 18.4 Å². The Labute approximate surface area is 120 Å². The van der Waals surface area contributed by atoms with Crippen molar-refractivity contribution in [2.24, 2.45) is 0 Å². The molecule has 0 amide bonds. The second-order valence-electron chi connectivity index (χ2n) is 4.96. The number of rotatable bonds is 4. The van der Waals surface area contributed by atoms with Gasteiger partial charge in [0, 0.05) is 13.2 Å². The molecule has 0 unspecified atom stereocenters. The number of esters is 1. The molecule has 2 N–H and O–H groups in total. The van der Waals surface area contributed by atoms with E-state index in [1.807, 2.05) is 0 Å². The maximum atomic E-state index is 14.1. The Kier molecular flexibility index (Phi) is 4.74. The summed E-state index contributed by atoms with van der Waals surface area (Å²) in [4.78, 5) is 11.3. The van der Waals surface area contributed by atoms with E-state index in [4.69, 9.17) is 4.74 Å². The van der Waals surface area contributed by atoms with Crippen molar-refractivity contribution in [3.8, 4) is 0 Å². The topological polar surface area (TPSA) is 67.8 Å². The van der Waals surface area contributed by atoms with Gasteiger partial charge in [0.25, 0.3) is 0 Å². The van der Waals surface area contributed by atoms with Crippen LogP contribution in [-0.2, 0) is 9.47 Å². The van der Waals surface area contributed by atoms with Crippen LogP contribution in [0, 0.1) is 11.6 Å². The number of ether oxygens (including phenoxy) is 2. The first kappa shape index (κ1) is 15.7. The number of nitrogens with one attached hydrogen (secondary N) is 1. The fraction of sp³-hybridized carbons (Fsp3) is 0.500. The molecule has 0 bridgehead atoms. The monoisotopic (exact) mass is 301 g/mol. The molecule has 0 saturated carbocycles. The Morgan fingerprint density at radius 1 is 1.38 bits per heavy atom. The highest BCUT2D eigenvalue weighted by Gasteiger charge is 2.33. The van der Waals surface area contributed by atoms with Crippen LogP contribution in [0.15, 0.2) is 12.1 Å². The number of carbonyl (C=O) groups is 1. The van der Waals surface area contributed by atoms with Crippen molar-refractivity contribution in [2.75, 3.05) is 32.2 Å². The van der Waals surface area contributed by atoms with Crippen LogP contribution in [0.2, 0.25) is 0 Å². The van der Waals surface area contributed by atoms with E-state index in [9.17, 15) is 18.7 Å². The Hall–Kier alpha value is -1.73. The zero-order valence-corrected chi connectivity index (χ0v) is 11.6. The fourth-order valence-electron chi connectivity index (χ4n) is 2.28. The van der Waals surface area contributed by atoms with Gasteiger partial charge in [-0.2, -0.15) is 0 Å². The lowest BCUT2D eigenvalue weighted by Crippen LogP contribution is -2.47. The summed E-state index contributed by atoms with van der Waals surface area (Å²) in [6.07, 6.45) is 0.951. The molecule has 1 heterocycles. The zero-order valence-electron chi connectivity index (χ0n) is 11.6. The fourth-order valence-corrected chi connectivity index (χ4v) is 2.28. The van der Waals surface area contributed by atoms with E-state index >= 15 is 0 Å². The molecule has 2 rings (SSSR count). The SMILES string of the molecule is COC(=O)c1ccc(NC2(CO)CCOCC2)c(F)c1F. The maximum Gasteiger partial charge on any atom is 0.340 e. The minimum atomic E-state index is -1.27. The molecule has 1 saturated heterocycles.